The molecule has 0 aromatic heterocycles. The van der Waals surface area contributed by atoms with Crippen molar-refractivity contribution in [2.24, 2.45) is 0 Å². The van der Waals surface area contributed by atoms with Gasteiger partial charge in [-0.2, -0.15) is 0 Å². The molecular weight excluding hydrogens is 398 g/mol. The van der Waals surface area contributed by atoms with Gasteiger partial charge in [-0.25, -0.2) is 8.78 Å². The van der Waals surface area contributed by atoms with E-state index in [1.807, 2.05) is 0 Å². The number of hydrogen-bond acceptors (Lipinski definition) is 3. The van der Waals surface area contributed by atoms with Crippen molar-refractivity contribution in [3.8, 4) is 5.75 Å². The molecule has 0 aliphatic heterocycles. The number of carbonyl (C=O) groups is 2. The highest BCUT2D eigenvalue weighted by atomic mass is 79.9. The van der Waals surface area contributed by atoms with Crippen molar-refractivity contribution in [3.63, 3.8) is 0 Å². The van der Waals surface area contributed by atoms with Crippen LogP contribution in [0.25, 0.3) is 0 Å². The molecule has 132 valence electrons. The first kappa shape index (κ1) is 18.9. The maximum absolute atomic E-state index is 13.6. The smallest absolute Gasteiger partial charge is 0.265 e. The molecule has 0 aliphatic carbocycles. The number of benzene rings is 2. The van der Waals surface area contributed by atoms with Crippen LogP contribution < -0.4 is 15.4 Å². The minimum Gasteiger partial charge on any atom is -0.480 e. The number of hydrogen-bond donors (Lipinski definition) is 2. The van der Waals surface area contributed by atoms with E-state index in [0.29, 0.717) is 15.9 Å². The largest absolute Gasteiger partial charge is 0.480 e. The summed E-state index contributed by atoms with van der Waals surface area (Å²) in [6, 6.07) is 7.62. The lowest BCUT2D eigenvalue weighted by Crippen LogP contribution is -2.30. The molecule has 2 rings (SSSR count). The first-order chi connectivity index (χ1) is 11.8. The fourth-order valence-electron chi connectivity index (χ4n) is 1.95. The summed E-state index contributed by atoms with van der Waals surface area (Å²) in [5, 5.41) is 4.89. The molecule has 0 aliphatic rings. The average Bonchev–Trinajstić information content (AvgIpc) is 2.52. The molecule has 8 heteroatoms. The average molecular weight is 413 g/mol. The lowest BCUT2D eigenvalue weighted by Gasteiger charge is -2.16. The minimum atomic E-state index is -0.893. The molecule has 0 saturated heterocycles. The van der Waals surface area contributed by atoms with Crippen LogP contribution >= 0.6 is 15.9 Å². The first-order valence-corrected chi connectivity index (χ1v) is 8.05. The van der Waals surface area contributed by atoms with Crippen molar-refractivity contribution in [1.29, 1.82) is 0 Å². The normalized spacial score (nSPS) is 11.6. The quantitative estimate of drug-likeness (QED) is 0.776. The molecule has 0 bridgehead atoms. The Kier molecular flexibility index (Phi) is 6.08. The molecule has 0 saturated carbocycles. The summed E-state index contributed by atoms with van der Waals surface area (Å²) in [4.78, 5) is 23.3. The summed E-state index contributed by atoms with van der Waals surface area (Å²) in [6.07, 6.45) is -0.893. The van der Waals surface area contributed by atoms with Crippen LogP contribution in [0.5, 0.6) is 5.75 Å². The third-order valence-corrected chi connectivity index (χ3v) is 3.73. The Morgan fingerprint density at radius 1 is 1.12 bits per heavy atom. The topological polar surface area (TPSA) is 67.4 Å². The van der Waals surface area contributed by atoms with Crippen LogP contribution in [0, 0.1) is 11.6 Å². The Bertz CT molecular complexity index is 814. The van der Waals surface area contributed by atoms with Gasteiger partial charge in [0.05, 0.1) is 10.2 Å². The molecule has 1 atom stereocenters. The Morgan fingerprint density at radius 2 is 1.84 bits per heavy atom. The van der Waals surface area contributed by atoms with Crippen molar-refractivity contribution in [3.05, 3.63) is 52.5 Å². The second-order valence-corrected chi connectivity index (χ2v) is 6.05. The summed E-state index contributed by atoms with van der Waals surface area (Å²) < 4.78 is 32.5. The van der Waals surface area contributed by atoms with E-state index < -0.39 is 29.6 Å². The predicted octanol–water partition coefficient (Wildman–Crippen LogP) is 4.09. The molecule has 2 aromatic carbocycles. The highest BCUT2D eigenvalue weighted by Gasteiger charge is 2.17. The number of nitrogens with one attached hydrogen (secondary N) is 2. The van der Waals surface area contributed by atoms with E-state index in [1.54, 1.807) is 0 Å². The number of amides is 2. The van der Waals surface area contributed by atoms with Crippen LogP contribution in [0.4, 0.5) is 20.2 Å². The maximum Gasteiger partial charge on any atom is 0.265 e. The second kappa shape index (κ2) is 8.06. The summed E-state index contributed by atoms with van der Waals surface area (Å²) in [7, 11) is 0. The van der Waals surface area contributed by atoms with E-state index in [1.165, 1.54) is 44.2 Å². The van der Waals surface area contributed by atoms with E-state index in [9.17, 15) is 18.4 Å². The van der Waals surface area contributed by atoms with Gasteiger partial charge >= 0.3 is 0 Å². The fourth-order valence-corrected chi connectivity index (χ4v) is 2.39. The van der Waals surface area contributed by atoms with Crippen molar-refractivity contribution < 1.29 is 23.1 Å². The van der Waals surface area contributed by atoms with Crippen LogP contribution in [-0.2, 0) is 9.59 Å². The van der Waals surface area contributed by atoms with Gasteiger partial charge in [-0.05, 0) is 59.3 Å². The van der Waals surface area contributed by atoms with Crippen LogP contribution in [-0.4, -0.2) is 17.9 Å². The third-order valence-electron chi connectivity index (χ3n) is 3.11. The number of carbonyl (C=O) groups excluding carboxylic acids is 2. The van der Waals surface area contributed by atoms with Crippen LogP contribution in [0.15, 0.2) is 40.9 Å². The van der Waals surface area contributed by atoms with Gasteiger partial charge in [0.2, 0.25) is 5.91 Å². The number of ether oxygens (including phenoxy) is 1. The molecular formula is C17H15BrF2N2O3. The lowest BCUT2D eigenvalue weighted by atomic mass is 10.2. The molecule has 0 fully saturated rings. The predicted molar refractivity (Wildman–Crippen MR) is 93.5 cm³/mol. The van der Waals surface area contributed by atoms with Gasteiger partial charge < -0.3 is 15.4 Å². The molecule has 2 aromatic rings. The highest BCUT2D eigenvalue weighted by molar-refractivity contribution is 9.10. The lowest BCUT2D eigenvalue weighted by molar-refractivity contribution is -0.122. The second-order valence-electron chi connectivity index (χ2n) is 5.20. The van der Waals surface area contributed by atoms with Crippen LogP contribution in [0.1, 0.15) is 13.8 Å². The van der Waals surface area contributed by atoms with Crippen LogP contribution in [0.3, 0.4) is 0 Å². The summed E-state index contributed by atoms with van der Waals surface area (Å²) in [5.41, 5.74) is 0.254. The zero-order chi connectivity index (χ0) is 18.6. The maximum atomic E-state index is 13.6. The zero-order valence-corrected chi connectivity index (χ0v) is 15.0. The zero-order valence-electron chi connectivity index (χ0n) is 13.4. The van der Waals surface area contributed by atoms with Gasteiger partial charge in [0.15, 0.2) is 6.10 Å². The molecule has 0 spiro atoms. The Morgan fingerprint density at radius 3 is 2.48 bits per heavy atom. The van der Waals surface area contributed by atoms with E-state index in [4.69, 9.17) is 4.74 Å². The van der Waals surface area contributed by atoms with Gasteiger partial charge in [-0.3, -0.25) is 9.59 Å². The standard InChI is InChI=1S/C17H15BrF2N2O3/c1-9(25-16-6-3-11(19)7-13(16)18)17(24)22-12-4-5-14(20)15(8-12)21-10(2)23/h3-9H,1-2H3,(H,21,23)(H,22,24). The Labute approximate surface area is 151 Å². The van der Waals surface area contributed by atoms with E-state index in [2.05, 4.69) is 26.6 Å². The molecule has 5 nitrogen and oxygen atoms in total. The molecule has 2 N–H and O–H groups in total. The summed E-state index contributed by atoms with van der Waals surface area (Å²) >= 11 is 3.15. The molecule has 2 amide bonds. The summed E-state index contributed by atoms with van der Waals surface area (Å²) in [6.45, 7) is 2.77. The monoisotopic (exact) mass is 412 g/mol. The highest BCUT2D eigenvalue weighted by Crippen LogP contribution is 2.27. The number of rotatable bonds is 5. The van der Waals surface area contributed by atoms with Gasteiger partial charge in [0.25, 0.3) is 5.91 Å². The fraction of sp³-hybridized carbons (Fsp3) is 0.176. The molecule has 0 radical (unpaired) electrons. The van der Waals surface area contributed by atoms with Crippen molar-refractivity contribution >= 4 is 39.1 Å². The van der Waals surface area contributed by atoms with Gasteiger partial charge in [-0.1, -0.05) is 0 Å². The van der Waals surface area contributed by atoms with Crippen molar-refractivity contribution in [2.75, 3.05) is 10.6 Å². The first-order valence-electron chi connectivity index (χ1n) is 7.26. The SMILES string of the molecule is CC(=O)Nc1cc(NC(=O)C(C)Oc2ccc(F)cc2Br)ccc1F. The van der Waals surface area contributed by atoms with E-state index in [-0.39, 0.29) is 5.69 Å². The molecule has 0 heterocycles. The number of anilines is 2. The Balaban J connectivity index is 2.07. The van der Waals surface area contributed by atoms with E-state index in [0.717, 1.165) is 6.07 Å². The minimum absolute atomic E-state index is 0.0415. The molecule has 25 heavy (non-hydrogen) atoms. The summed E-state index contributed by atoms with van der Waals surface area (Å²) in [5.74, 6) is -1.67. The Hall–Kier alpha value is -2.48. The van der Waals surface area contributed by atoms with Crippen molar-refractivity contribution in [1.82, 2.24) is 0 Å². The van der Waals surface area contributed by atoms with Gasteiger partial charge in [0.1, 0.15) is 17.4 Å². The van der Waals surface area contributed by atoms with Gasteiger partial charge in [0, 0.05) is 12.6 Å². The van der Waals surface area contributed by atoms with Gasteiger partial charge in [-0.15, -0.1) is 0 Å². The molecule has 1 unspecified atom stereocenters. The third kappa shape index (κ3) is 5.25. The van der Waals surface area contributed by atoms with Crippen LogP contribution in [0.2, 0.25) is 0 Å². The van der Waals surface area contributed by atoms with E-state index >= 15 is 0 Å². The van der Waals surface area contributed by atoms with Crippen molar-refractivity contribution in [2.45, 2.75) is 20.0 Å². The number of halogens is 3.